The minimum atomic E-state index is -0.858. The first-order valence-corrected chi connectivity index (χ1v) is 7.48. The van der Waals surface area contributed by atoms with Crippen LogP contribution in [0.5, 0.6) is 5.75 Å². The number of nitrogens with one attached hydrogen (secondary N) is 1. The lowest BCUT2D eigenvalue weighted by atomic mass is 10.1. The molecule has 0 saturated carbocycles. The van der Waals surface area contributed by atoms with Crippen molar-refractivity contribution in [2.45, 2.75) is 25.0 Å². The number of carbonyl (C=O) groups is 1. The first-order chi connectivity index (χ1) is 8.50. The number of carbonyl (C=O) groups excluding carboxylic acids is 1. The summed E-state index contributed by atoms with van der Waals surface area (Å²) in [4.78, 5) is 11.6. The number of benzene rings is 1. The topological polar surface area (TPSA) is 66.4 Å². The molecule has 0 aromatic heterocycles. The third kappa shape index (κ3) is 4.87. The normalized spacial score (nSPS) is 13.9. The Morgan fingerprint density at radius 3 is 2.72 bits per heavy atom. The number of para-hydroxylation sites is 1. The van der Waals surface area contributed by atoms with Crippen LogP contribution < -0.4 is 5.32 Å². The van der Waals surface area contributed by atoms with E-state index in [0.29, 0.717) is 18.5 Å². The number of rotatable bonds is 6. The lowest BCUT2D eigenvalue weighted by Crippen LogP contribution is -2.28. The molecule has 1 aromatic carbocycles. The summed E-state index contributed by atoms with van der Waals surface area (Å²) in [5.74, 6) is 0.00117. The molecule has 4 nitrogen and oxygen atoms in total. The molecule has 0 aliphatic heterocycles. The highest BCUT2D eigenvalue weighted by Crippen LogP contribution is 2.15. The molecule has 0 saturated heterocycles. The lowest BCUT2D eigenvalue weighted by molar-refractivity contribution is -0.120. The average Bonchev–Trinajstić information content (AvgIpc) is 2.32. The molecule has 100 valence electrons. The third-order valence-electron chi connectivity index (χ3n) is 2.78. The van der Waals surface area contributed by atoms with E-state index < -0.39 is 10.8 Å². The van der Waals surface area contributed by atoms with E-state index >= 15 is 0 Å². The van der Waals surface area contributed by atoms with Crippen LogP contribution in [0.4, 0.5) is 0 Å². The molecule has 1 amide bonds. The fourth-order valence-electron chi connectivity index (χ4n) is 1.48. The Balaban J connectivity index is 2.35. The number of hydrogen-bond acceptors (Lipinski definition) is 3. The molecule has 0 aliphatic carbocycles. The minimum absolute atomic E-state index is 0.0791. The first kappa shape index (κ1) is 14.7. The number of phenols is 1. The van der Waals surface area contributed by atoms with E-state index in [1.807, 2.05) is 6.92 Å². The Bertz CT molecular complexity index is 434. The van der Waals surface area contributed by atoms with Crippen LogP contribution in [0.25, 0.3) is 0 Å². The number of phenolic OH excluding ortho intramolecular Hbond substituents is 1. The van der Waals surface area contributed by atoms with Crippen molar-refractivity contribution in [1.82, 2.24) is 5.32 Å². The van der Waals surface area contributed by atoms with Gasteiger partial charge in [0.15, 0.2) is 0 Å². The summed E-state index contributed by atoms with van der Waals surface area (Å²) in [6.07, 6.45) is 2.51. The summed E-state index contributed by atoms with van der Waals surface area (Å²) in [6, 6.07) is 6.78. The van der Waals surface area contributed by atoms with Crippen LogP contribution in [0.3, 0.4) is 0 Å². The van der Waals surface area contributed by atoms with Gasteiger partial charge in [0.1, 0.15) is 5.75 Å². The summed E-state index contributed by atoms with van der Waals surface area (Å²) in [5, 5.41) is 12.4. The molecule has 1 rings (SSSR count). The molecule has 0 radical (unpaired) electrons. The van der Waals surface area contributed by atoms with E-state index in [2.05, 4.69) is 5.32 Å². The average molecular weight is 269 g/mol. The zero-order valence-corrected chi connectivity index (χ0v) is 11.5. The summed E-state index contributed by atoms with van der Waals surface area (Å²) < 4.78 is 11.1. The zero-order valence-electron chi connectivity index (χ0n) is 10.7. The fourth-order valence-corrected chi connectivity index (χ4v) is 1.93. The predicted octanol–water partition coefficient (Wildman–Crippen LogP) is 1.21. The van der Waals surface area contributed by atoms with E-state index in [-0.39, 0.29) is 23.3 Å². The van der Waals surface area contributed by atoms with Crippen LogP contribution in [-0.2, 0) is 22.0 Å². The van der Waals surface area contributed by atoms with Gasteiger partial charge in [-0.25, -0.2) is 0 Å². The monoisotopic (exact) mass is 269 g/mol. The van der Waals surface area contributed by atoms with Crippen molar-refractivity contribution in [3.05, 3.63) is 29.8 Å². The summed E-state index contributed by atoms with van der Waals surface area (Å²) in [5.41, 5.74) is 0.613. The second-order valence-electron chi connectivity index (χ2n) is 4.25. The maximum Gasteiger partial charge on any atom is 0.224 e. The molecule has 1 aromatic rings. The van der Waals surface area contributed by atoms with E-state index in [0.717, 1.165) is 0 Å². The highest BCUT2D eigenvalue weighted by molar-refractivity contribution is 7.84. The lowest BCUT2D eigenvalue weighted by Gasteiger charge is -2.09. The van der Waals surface area contributed by atoms with Gasteiger partial charge in [0.25, 0.3) is 0 Å². The number of hydrogen-bond donors (Lipinski definition) is 2. The molecule has 0 aliphatic rings. The summed E-state index contributed by atoms with van der Waals surface area (Å²) >= 11 is 0. The Morgan fingerprint density at radius 2 is 2.11 bits per heavy atom. The van der Waals surface area contributed by atoms with Gasteiger partial charge >= 0.3 is 0 Å². The van der Waals surface area contributed by atoms with Crippen LogP contribution in [0.2, 0.25) is 0 Å². The number of aromatic hydroxyl groups is 1. The molecular weight excluding hydrogens is 250 g/mol. The fraction of sp³-hybridized carbons (Fsp3) is 0.462. The maximum absolute atomic E-state index is 11.6. The van der Waals surface area contributed by atoms with Gasteiger partial charge in [-0.3, -0.25) is 9.00 Å². The second kappa shape index (κ2) is 7.16. The molecule has 2 atom stereocenters. The van der Waals surface area contributed by atoms with Crippen molar-refractivity contribution < 1.29 is 14.1 Å². The van der Waals surface area contributed by atoms with Gasteiger partial charge in [-0.1, -0.05) is 25.1 Å². The predicted molar refractivity (Wildman–Crippen MR) is 73.0 cm³/mol. The van der Waals surface area contributed by atoms with Crippen LogP contribution in [0.1, 0.15) is 18.9 Å². The van der Waals surface area contributed by atoms with E-state index in [1.165, 1.54) is 0 Å². The molecule has 0 spiro atoms. The Hall–Kier alpha value is -1.36. The van der Waals surface area contributed by atoms with Crippen LogP contribution in [0.15, 0.2) is 24.3 Å². The van der Waals surface area contributed by atoms with E-state index in [1.54, 1.807) is 30.5 Å². The summed E-state index contributed by atoms with van der Waals surface area (Å²) in [7, 11) is -0.858. The summed E-state index contributed by atoms with van der Waals surface area (Å²) in [6.45, 7) is 2.40. The molecule has 5 heteroatoms. The largest absolute Gasteiger partial charge is 0.508 e. The highest BCUT2D eigenvalue weighted by Gasteiger charge is 2.09. The highest BCUT2D eigenvalue weighted by atomic mass is 32.2. The van der Waals surface area contributed by atoms with Crippen LogP contribution >= 0.6 is 0 Å². The van der Waals surface area contributed by atoms with Crippen molar-refractivity contribution in [1.29, 1.82) is 0 Å². The van der Waals surface area contributed by atoms with Crippen LogP contribution in [-0.4, -0.2) is 33.3 Å². The molecule has 0 heterocycles. The van der Waals surface area contributed by atoms with Crippen molar-refractivity contribution in [3.8, 4) is 5.75 Å². The molecule has 0 fully saturated rings. The SMILES string of the molecule is CC(CCNC(=O)Cc1ccccc1O)S(C)=O. The van der Waals surface area contributed by atoms with Gasteiger partial charge in [-0.15, -0.1) is 0 Å². The molecule has 2 N–H and O–H groups in total. The van der Waals surface area contributed by atoms with Crippen molar-refractivity contribution in [2.24, 2.45) is 0 Å². The van der Waals surface area contributed by atoms with E-state index in [4.69, 9.17) is 0 Å². The smallest absolute Gasteiger partial charge is 0.224 e. The van der Waals surface area contributed by atoms with Gasteiger partial charge in [-0.2, -0.15) is 0 Å². The molecule has 18 heavy (non-hydrogen) atoms. The Morgan fingerprint density at radius 1 is 1.44 bits per heavy atom. The van der Waals surface area contributed by atoms with Crippen molar-refractivity contribution in [2.75, 3.05) is 12.8 Å². The second-order valence-corrected chi connectivity index (χ2v) is 6.06. The standard InChI is InChI=1S/C13H19NO3S/c1-10(18(2)17)7-8-14-13(16)9-11-5-3-4-6-12(11)15/h3-6,10,15H,7-9H2,1-2H3,(H,14,16). The Labute approximate surface area is 110 Å². The van der Waals surface area contributed by atoms with Crippen molar-refractivity contribution in [3.63, 3.8) is 0 Å². The first-order valence-electron chi connectivity index (χ1n) is 5.86. The molecule has 2 unspecified atom stereocenters. The van der Waals surface area contributed by atoms with E-state index in [9.17, 15) is 14.1 Å². The van der Waals surface area contributed by atoms with Gasteiger partial charge < -0.3 is 10.4 Å². The van der Waals surface area contributed by atoms with Crippen LogP contribution in [0, 0.1) is 0 Å². The molecular formula is C13H19NO3S. The van der Waals surface area contributed by atoms with Gasteiger partial charge in [0, 0.05) is 34.4 Å². The van der Waals surface area contributed by atoms with Gasteiger partial charge in [0.05, 0.1) is 6.42 Å². The maximum atomic E-state index is 11.6. The number of amides is 1. The van der Waals surface area contributed by atoms with Gasteiger partial charge in [-0.05, 0) is 12.5 Å². The zero-order chi connectivity index (χ0) is 13.5. The van der Waals surface area contributed by atoms with Crippen molar-refractivity contribution >= 4 is 16.7 Å². The van der Waals surface area contributed by atoms with Gasteiger partial charge in [0.2, 0.25) is 5.91 Å². The minimum Gasteiger partial charge on any atom is -0.508 e. The Kier molecular flexibility index (Phi) is 5.85. The molecule has 0 bridgehead atoms. The quantitative estimate of drug-likeness (QED) is 0.815. The third-order valence-corrected chi connectivity index (χ3v) is 4.15.